The predicted molar refractivity (Wildman–Crippen MR) is 125 cm³/mol. The van der Waals surface area contributed by atoms with E-state index in [1.165, 1.54) is 22.5 Å². The fourth-order valence-electron chi connectivity index (χ4n) is 3.93. The second-order valence-electron chi connectivity index (χ2n) is 8.01. The molecule has 154 valence electrons. The number of aromatic nitrogens is 2. The van der Waals surface area contributed by atoms with E-state index in [0.717, 1.165) is 28.2 Å². The molecule has 2 aromatic carbocycles. The van der Waals surface area contributed by atoms with E-state index in [2.05, 4.69) is 55.3 Å². The summed E-state index contributed by atoms with van der Waals surface area (Å²) in [5.74, 6) is 1.20. The summed E-state index contributed by atoms with van der Waals surface area (Å²) < 4.78 is 0. The van der Waals surface area contributed by atoms with Crippen LogP contribution in [0.3, 0.4) is 0 Å². The fraction of sp³-hybridized carbons (Fsp3) is 0.280. The molecule has 0 fully saturated rings. The summed E-state index contributed by atoms with van der Waals surface area (Å²) in [7, 11) is 0. The van der Waals surface area contributed by atoms with Crippen LogP contribution in [0.1, 0.15) is 43.8 Å². The molecule has 4 rings (SSSR count). The number of fused-ring (bicyclic) bond motifs is 1. The van der Waals surface area contributed by atoms with Crippen LogP contribution in [0, 0.1) is 5.92 Å². The summed E-state index contributed by atoms with van der Waals surface area (Å²) in [5, 5.41) is 4.99. The van der Waals surface area contributed by atoms with E-state index in [1.54, 1.807) is 0 Å². The Bertz CT molecular complexity index is 1180. The van der Waals surface area contributed by atoms with Crippen LogP contribution in [-0.4, -0.2) is 9.97 Å². The molecule has 4 nitrogen and oxygen atoms in total. The first-order valence-corrected chi connectivity index (χ1v) is 11.4. The number of hydrogen-bond donors (Lipinski definition) is 2. The quantitative estimate of drug-likeness (QED) is 0.458. The van der Waals surface area contributed by atoms with Gasteiger partial charge in [-0.05, 0) is 17.5 Å². The Morgan fingerprint density at radius 3 is 2.47 bits per heavy atom. The molecule has 0 aliphatic rings. The van der Waals surface area contributed by atoms with Crippen LogP contribution in [0.5, 0.6) is 0 Å². The number of hydrogen-bond acceptors (Lipinski definition) is 3. The number of nitrogens with two attached hydrogens (primary N) is 1. The maximum atomic E-state index is 12.9. The van der Waals surface area contributed by atoms with Crippen molar-refractivity contribution in [2.45, 2.75) is 39.8 Å². The molecule has 5 heteroatoms. The van der Waals surface area contributed by atoms with E-state index < -0.39 is 0 Å². The van der Waals surface area contributed by atoms with Gasteiger partial charge >= 0.3 is 0 Å². The van der Waals surface area contributed by atoms with Crippen molar-refractivity contribution in [3.8, 4) is 11.1 Å². The number of benzene rings is 2. The minimum Gasteiger partial charge on any atom is -0.334 e. The van der Waals surface area contributed by atoms with E-state index in [-0.39, 0.29) is 5.56 Å². The van der Waals surface area contributed by atoms with E-state index in [1.807, 2.05) is 35.7 Å². The van der Waals surface area contributed by atoms with Crippen molar-refractivity contribution in [3.05, 3.63) is 87.3 Å². The van der Waals surface area contributed by atoms with Crippen LogP contribution in [0.25, 0.3) is 21.3 Å². The number of aryl methyl sites for hydroxylation is 1. The van der Waals surface area contributed by atoms with Gasteiger partial charge in [-0.2, -0.15) is 0 Å². The van der Waals surface area contributed by atoms with Crippen molar-refractivity contribution in [3.63, 3.8) is 0 Å². The minimum atomic E-state index is -0.0584. The van der Waals surface area contributed by atoms with Gasteiger partial charge < -0.3 is 10.3 Å². The number of nitrogens with zero attached hydrogens (tertiary/aromatic N) is 1. The molecule has 0 bridgehead atoms. The third-order valence-corrected chi connectivity index (χ3v) is 6.51. The molecule has 0 saturated heterocycles. The molecule has 3 N–H and O–H groups in total. The highest BCUT2D eigenvalue weighted by Crippen LogP contribution is 2.30. The Kier molecular flexibility index (Phi) is 6.11. The number of H-pyrrole nitrogens is 1. The minimum absolute atomic E-state index is 0.0584. The van der Waals surface area contributed by atoms with Gasteiger partial charge in [0.2, 0.25) is 0 Å². The highest BCUT2D eigenvalue weighted by molar-refractivity contribution is 7.17. The van der Waals surface area contributed by atoms with Gasteiger partial charge in [0.1, 0.15) is 17.4 Å². The number of thiophene rings is 1. The Labute approximate surface area is 181 Å². The third-order valence-electron chi connectivity index (χ3n) is 5.63. The smallest absolute Gasteiger partial charge is 0.260 e. The van der Waals surface area contributed by atoms with Crippen LogP contribution < -0.4 is 10.9 Å². The normalized spacial score (nSPS) is 12.5. The molecule has 2 heterocycles. The van der Waals surface area contributed by atoms with Crippen molar-refractivity contribution >= 4 is 21.6 Å². The number of nitrogens with one attached hydrogen (secondary N) is 1. The van der Waals surface area contributed by atoms with Crippen LogP contribution in [0.4, 0.5) is 0 Å². The van der Waals surface area contributed by atoms with Crippen LogP contribution >= 0.6 is 11.3 Å². The van der Waals surface area contributed by atoms with Gasteiger partial charge in [0.05, 0.1) is 5.39 Å². The molecule has 0 saturated carbocycles. The van der Waals surface area contributed by atoms with Crippen molar-refractivity contribution in [2.24, 2.45) is 5.92 Å². The summed E-state index contributed by atoms with van der Waals surface area (Å²) >= 11 is 1.53. The Hall–Kier alpha value is -2.76. The van der Waals surface area contributed by atoms with Gasteiger partial charge in [0, 0.05) is 22.4 Å². The molecule has 30 heavy (non-hydrogen) atoms. The lowest BCUT2D eigenvalue weighted by molar-refractivity contribution is -0.718. The highest BCUT2D eigenvalue weighted by atomic mass is 32.1. The molecule has 0 amide bonds. The molecular weight excluding hydrogens is 390 g/mol. The largest absolute Gasteiger partial charge is 0.334 e. The first-order chi connectivity index (χ1) is 14.6. The summed E-state index contributed by atoms with van der Waals surface area (Å²) in [6.45, 7) is 7.29. The maximum Gasteiger partial charge on any atom is 0.260 e. The van der Waals surface area contributed by atoms with Crippen LogP contribution in [-0.2, 0) is 13.0 Å². The lowest BCUT2D eigenvalue weighted by Gasteiger charge is -2.19. The van der Waals surface area contributed by atoms with Gasteiger partial charge in [-0.1, -0.05) is 75.4 Å². The molecular formula is C25H28N3OS+. The topological polar surface area (TPSA) is 62.4 Å². The van der Waals surface area contributed by atoms with Gasteiger partial charge in [-0.15, -0.1) is 11.3 Å². The second kappa shape index (κ2) is 8.94. The average molecular weight is 419 g/mol. The summed E-state index contributed by atoms with van der Waals surface area (Å²) in [6.07, 6.45) is 1.05. The first-order valence-electron chi connectivity index (χ1n) is 10.5. The number of quaternary nitrogens is 1. The first kappa shape index (κ1) is 20.5. The molecule has 0 aliphatic carbocycles. The van der Waals surface area contributed by atoms with Gasteiger partial charge in [0.25, 0.3) is 5.56 Å². The zero-order valence-corrected chi connectivity index (χ0v) is 18.5. The molecule has 2 aromatic heterocycles. The van der Waals surface area contributed by atoms with Gasteiger partial charge in [-0.25, -0.2) is 4.98 Å². The fourth-order valence-corrected chi connectivity index (χ4v) is 4.89. The molecule has 0 radical (unpaired) electrons. The van der Waals surface area contributed by atoms with Crippen LogP contribution in [0.2, 0.25) is 0 Å². The Morgan fingerprint density at radius 2 is 1.80 bits per heavy atom. The van der Waals surface area contributed by atoms with E-state index >= 15 is 0 Å². The second-order valence-corrected chi connectivity index (χ2v) is 8.87. The van der Waals surface area contributed by atoms with E-state index in [4.69, 9.17) is 4.98 Å². The molecule has 0 unspecified atom stereocenters. The molecule has 4 aromatic rings. The van der Waals surface area contributed by atoms with E-state index in [0.29, 0.717) is 23.9 Å². The monoisotopic (exact) mass is 418 g/mol. The molecule has 0 aliphatic heterocycles. The van der Waals surface area contributed by atoms with Crippen molar-refractivity contribution < 1.29 is 5.32 Å². The molecule has 1 atom stereocenters. The standard InChI is InChI=1S/C25H27N3OS/c1-4-17-10-12-19(13-11-17)23(16(2)3)26-14-21-27-24(29)22-20(15-30-25(22)28-21)18-8-6-5-7-9-18/h5-13,15-16,23,26H,4,14H2,1-3H3,(H,27,28,29)/p+1/t23-/m0/s1. The lowest BCUT2D eigenvalue weighted by Crippen LogP contribution is -2.85. The Balaban J connectivity index is 1.58. The Morgan fingerprint density at radius 1 is 1.07 bits per heavy atom. The number of aromatic amines is 1. The summed E-state index contributed by atoms with van der Waals surface area (Å²) in [6, 6.07) is 19.2. The predicted octanol–water partition coefficient (Wildman–Crippen LogP) is 4.67. The summed E-state index contributed by atoms with van der Waals surface area (Å²) in [5.41, 5.74) is 4.61. The van der Waals surface area contributed by atoms with Gasteiger partial charge in [-0.3, -0.25) is 4.79 Å². The lowest BCUT2D eigenvalue weighted by atomic mass is 9.95. The zero-order valence-electron chi connectivity index (χ0n) is 17.7. The zero-order chi connectivity index (χ0) is 21.1. The van der Waals surface area contributed by atoms with E-state index in [9.17, 15) is 4.79 Å². The van der Waals surface area contributed by atoms with Gasteiger partial charge in [0.15, 0.2) is 5.82 Å². The maximum absolute atomic E-state index is 12.9. The van der Waals surface area contributed by atoms with Crippen molar-refractivity contribution in [2.75, 3.05) is 0 Å². The molecule has 0 spiro atoms. The highest BCUT2D eigenvalue weighted by Gasteiger charge is 2.20. The number of rotatable bonds is 7. The van der Waals surface area contributed by atoms with Crippen molar-refractivity contribution in [1.29, 1.82) is 0 Å². The average Bonchev–Trinajstić information content (AvgIpc) is 3.19. The SMILES string of the molecule is CCc1ccc([C@@H]([NH2+]Cc2nc3scc(-c4ccccc4)c3c(=O)[nH]2)C(C)C)cc1. The van der Waals surface area contributed by atoms with Crippen LogP contribution in [0.15, 0.2) is 64.8 Å². The van der Waals surface area contributed by atoms with Crippen molar-refractivity contribution in [1.82, 2.24) is 9.97 Å². The third kappa shape index (κ3) is 4.23. The summed E-state index contributed by atoms with van der Waals surface area (Å²) in [4.78, 5) is 21.5.